The third-order valence-corrected chi connectivity index (χ3v) is 3.25. The summed E-state index contributed by atoms with van der Waals surface area (Å²) >= 11 is 0. The minimum atomic E-state index is -0.968. The van der Waals surface area contributed by atoms with Gasteiger partial charge >= 0.3 is 5.97 Å². The van der Waals surface area contributed by atoms with Gasteiger partial charge in [-0.1, -0.05) is 30.3 Å². The standard InChI is InChI=1S/C17H16FNO3/c18-15-4-2-1-3-14(15)11-16(20)19-10-9-12-5-7-13(8-6-12)17(21)22/h1-8H,9-11H2,(H,19,20)(H,21,22). The number of halogens is 1. The van der Waals surface area contributed by atoms with Gasteiger partial charge < -0.3 is 10.4 Å². The Bertz CT molecular complexity index is 668. The van der Waals surface area contributed by atoms with Gasteiger partial charge in [0, 0.05) is 6.54 Å². The Balaban J connectivity index is 1.79. The molecule has 2 aromatic rings. The predicted molar refractivity (Wildman–Crippen MR) is 80.2 cm³/mol. The van der Waals surface area contributed by atoms with Gasteiger partial charge in [0.1, 0.15) is 5.82 Å². The third-order valence-electron chi connectivity index (χ3n) is 3.25. The Labute approximate surface area is 127 Å². The Morgan fingerprint density at radius 2 is 1.73 bits per heavy atom. The molecule has 4 nitrogen and oxygen atoms in total. The molecule has 5 heteroatoms. The highest BCUT2D eigenvalue weighted by molar-refractivity contribution is 5.87. The number of benzene rings is 2. The topological polar surface area (TPSA) is 66.4 Å². The molecule has 0 fully saturated rings. The van der Waals surface area contributed by atoms with E-state index in [4.69, 9.17) is 5.11 Å². The third kappa shape index (κ3) is 4.41. The molecular weight excluding hydrogens is 285 g/mol. The number of nitrogens with one attached hydrogen (secondary N) is 1. The quantitative estimate of drug-likeness (QED) is 0.861. The van der Waals surface area contributed by atoms with Gasteiger partial charge in [-0.05, 0) is 35.7 Å². The summed E-state index contributed by atoms with van der Waals surface area (Å²) < 4.78 is 13.4. The van der Waals surface area contributed by atoms with Crippen LogP contribution in [0, 0.1) is 5.82 Å². The van der Waals surface area contributed by atoms with Crippen LogP contribution in [0.15, 0.2) is 48.5 Å². The molecule has 0 heterocycles. The highest BCUT2D eigenvalue weighted by Crippen LogP contribution is 2.07. The molecule has 0 aliphatic rings. The molecule has 0 saturated heterocycles. The number of carboxylic acid groups (broad SMARTS) is 1. The number of aromatic carboxylic acids is 1. The molecule has 0 radical (unpaired) electrons. The first-order valence-corrected chi connectivity index (χ1v) is 6.88. The van der Waals surface area contributed by atoms with E-state index in [0.29, 0.717) is 18.5 Å². The zero-order valence-corrected chi connectivity index (χ0v) is 11.9. The van der Waals surface area contributed by atoms with Crippen LogP contribution in [0.5, 0.6) is 0 Å². The van der Waals surface area contributed by atoms with Crippen LogP contribution in [-0.4, -0.2) is 23.5 Å². The van der Waals surface area contributed by atoms with Crippen LogP contribution < -0.4 is 5.32 Å². The van der Waals surface area contributed by atoms with Crippen molar-refractivity contribution in [3.8, 4) is 0 Å². The summed E-state index contributed by atoms with van der Waals surface area (Å²) in [4.78, 5) is 22.5. The van der Waals surface area contributed by atoms with Crippen LogP contribution in [0.25, 0.3) is 0 Å². The average Bonchev–Trinajstić information content (AvgIpc) is 2.50. The second kappa shape index (κ2) is 7.36. The number of rotatable bonds is 6. The first kappa shape index (κ1) is 15.7. The van der Waals surface area contributed by atoms with E-state index in [0.717, 1.165) is 5.56 Å². The number of hydrogen-bond donors (Lipinski definition) is 2. The second-order valence-corrected chi connectivity index (χ2v) is 4.87. The SMILES string of the molecule is O=C(Cc1ccccc1F)NCCc1ccc(C(=O)O)cc1. The molecule has 0 aromatic heterocycles. The van der Waals surface area contributed by atoms with Gasteiger partial charge in [-0.3, -0.25) is 4.79 Å². The van der Waals surface area contributed by atoms with E-state index in [2.05, 4.69) is 5.32 Å². The molecule has 2 rings (SSSR count). The molecule has 2 N–H and O–H groups in total. The maximum absolute atomic E-state index is 13.4. The fourth-order valence-electron chi connectivity index (χ4n) is 2.04. The summed E-state index contributed by atoms with van der Waals surface area (Å²) in [6, 6.07) is 12.7. The molecule has 0 saturated carbocycles. The molecule has 114 valence electrons. The van der Waals surface area contributed by atoms with Crippen LogP contribution in [0.2, 0.25) is 0 Å². The van der Waals surface area contributed by atoms with Crippen molar-refractivity contribution in [2.45, 2.75) is 12.8 Å². The lowest BCUT2D eigenvalue weighted by molar-refractivity contribution is -0.120. The number of carbonyl (C=O) groups excluding carboxylic acids is 1. The molecule has 1 amide bonds. The van der Waals surface area contributed by atoms with Gasteiger partial charge in [-0.25, -0.2) is 9.18 Å². The average molecular weight is 301 g/mol. The lowest BCUT2D eigenvalue weighted by atomic mass is 10.1. The molecule has 0 aliphatic heterocycles. The van der Waals surface area contributed by atoms with E-state index >= 15 is 0 Å². The van der Waals surface area contributed by atoms with Crippen molar-refractivity contribution in [2.75, 3.05) is 6.54 Å². The maximum atomic E-state index is 13.4. The van der Waals surface area contributed by atoms with Crippen molar-refractivity contribution in [3.63, 3.8) is 0 Å². The van der Waals surface area contributed by atoms with Crippen LogP contribution in [0.3, 0.4) is 0 Å². The normalized spacial score (nSPS) is 10.2. The lowest BCUT2D eigenvalue weighted by Crippen LogP contribution is -2.27. The maximum Gasteiger partial charge on any atom is 0.335 e. The molecule has 0 unspecified atom stereocenters. The first-order chi connectivity index (χ1) is 10.6. The monoisotopic (exact) mass is 301 g/mol. The molecule has 0 spiro atoms. The zero-order valence-electron chi connectivity index (χ0n) is 11.9. The zero-order chi connectivity index (χ0) is 15.9. The minimum absolute atomic E-state index is 0.00459. The van der Waals surface area contributed by atoms with Crippen LogP contribution in [0.1, 0.15) is 21.5 Å². The molecule has 0 aliphatic carbocycles. The Morgan fingerprint density at radius 3 is 2.36 bits per heavy atom. The van der Waals surface area contributed by atoms with E-state index in [1.165, 1.54) is 18.2 Å². The summed E-state index contributed by atoms with van der Waals surface area (Å²) in [5, 5.41) is 11.5. The summed E-state index contributed by atoms with van der Waals surface area (Å²) in [5.41, 5.74) is 1.52. The predicted octanol–water partition coefficient (Wildman–Crippen LogP) is 2.43. The number of hydrogen-bond acceptors (Lipinski definition) is 2. The van der Waals surface area contributed by atoms with Crippen LogP contribution in [0.4, 0.5) is 4.39 Å². The van der Waals surface area contributed by atoms with Crippen molar-refractivity contribution in [1.29, 1.82) is 0 Å². The fraction of sp³-hybridized carbons (Fsp3) is 0.176. The second-order valence-electron chi connectivity index (χ2n) is 4.87. The van der Waals surface area contributed by atoms with E-state index in [-0.39, 0.29) is 23.7 Å². The van der Waals surface area contributed by atoms with Crippen molar-refractivity contribution in [3.05, 3.63) is 71.0 Å². The van der Waals surface area contributed by atoms with Crippen molar-refractivity contribution >= 4 is 11.9 Å². The number of amides is 1. The smallest absolute Gasteiger partial charge is 0.335 e. The fourth-order valence-corrected chi connectivity index (χ4v) is 2.04. The lowest BCUT2D eigenvalue weighted by Gasteiger charge is -2.06. The summed E-state index contributed by atoms with van der Waals surface area (Å²) in [7, 11) is 0. The minimum Gasteiger partial charge on any atom is -0.478 e. The summed E-state index contributed by atoms with van der Waals surface area (Å²) in [6.45, 7) is 0.416. The van der Waals surface area contributed by atoms with Gasteiger partial charge in [-0.2, -0.15) is 0 Å². The van der Waals surface area contributed by atoms with Gasteiger partial charge in [-0.15, -0.1) is 0 Å². The van der Waals surface area contributed by atoms with Crippen molar-refractivity contribution < 1.29 is 19.1 Å². The Kier molecular flexibility index (Phi) is 5.25. The van der Waals surface area contributed by atoms with Gasteiger partial charge in [0.25, 0.3) is 0 Å². The van der Waals surface area contributed by atoms with E-state index in [9.17, 15) is 14.0 Å². The highest BCUT2D eigenvalue weighted by Gasteiger charge is 2.07. The Morgan fingerprint density at radius 1 is 1.05 bits per heavy atom. The van der Waals surface area contributed by atoms with Crippen molar-refractivity contribution in [1.82, 2.24) is 5.32 Å². The number of carboxylic acids is 1. The molecule has 0 bridgehead atoms. The van der Waals surface area contributed by atoms with Gasteiger partial charge in [0.2, 0.25) is 5.91 Å². The van der Waals surface area contributed by atoms with E-state index in [1.807, 2.05) is 0 Å². The van der Waals surface area contributed by atoms with Gasteiger partial charge in [0.05, 0.1) is 12.0 Å². The summed E-state index contributed by atoms with van der Waals surface area (Å²) in [5.74, 6) is -1.60. The Hall–Kier alpha value is -2.69. The van der Waals surface area contributed by atoms with E-state index < -0.39 is 5.97 Å². The largest absolute Gasteiger partial charge is 0.478 e. The first-order valence-electron chi connectivity index (χ1n) is 6.88. The molecule has 22 heavy (non-hydrogen) atoms. The summed E-state index contributed by atoms with van der Waals surface area (Å²) in [6.07, 6.45) is 0.591. The molecule has 0 atom stereocenters. The van der Waals surface area contributed by atoms with Crippen LogP contribution in [-0.2, 0) is 17.6 Å². The van der Waals surface area contributed by atoms with E-state index in [1.54, 1.807) is 30.3 Å². The van der Waals surface area contributed by atoms with Crippen molar-refractivity contribution in [2.24, 2.45) is 0 Å². The highest BCUT2D eigenvalue weighted by atomic mass is 19.1. The van der Waals surface area contributed by atoms with Gasteiger partial charge in [0.15, 0.2) is 0 Å². The van der Waals surface area contributed by atoms with Crippen LogP contribution >= 0.6 is 0 Å². The molecule has 2 aromatic carbocycles. The molecular formula is C17H16FNO3. The number of carbonyl (C=O) groups is 2.